The number of anilines is 1. The number of piperazine rings is 1. The van der Waals surface area contributed by atoms with Crippen LogP contribution in [0.4, 0.5) is 5.69 Å². The Kier molecular flexibility index (Phi) is 5.58. The Morgan fingerprint density at radius 2 is 1.96 bits per heavy atom. The van der Waals surface area contributed by atoms with E-state index in [1.54, 1.807) is 0 Å². The van der Waals surface area contributed by atoms with E-state index >= 15 is 0 Å². The summed E-state index contributed by atoms with van der Waals surface area (Å²) < 4.78 is 10.9. The number of nitrogens with one attached hydrogen (secondary N) is 2. The van der Waals surface area contributed by atoms with Crippen molar-refractivity contribution in [1.29, 1.82) is 0 Å². The lowest BCUT2D eigenvalue weighted by Gasteiger charge is -2.38. The molecule has 2 unspecified atom stereocenters. The number of rotatable bonds is 4. The Morgan fingerprint density at radius 1 is 1.27 bits per heavy atom. The molecule has 2 aliphatic rings. The predicted molar refractivity (Wildman–Crippen MR) is 105 cm³/mol. The van der Waals surface area contributed by atoms with Crippen LogP contribution >= 0.6 is 0 Å². The summed E-state index contributed by atoms with van der Waals surface area (Å²) in [6.07, 6.45) is 0. The third-order valence-electron chi connectivity index (χ3n) is 4.70. The summed E-state index contributed by atoms with van der Waals surface area (Å²) >= 11 is 0. The van der Waals surface area contributed by atoms with E-state index in [1.165, 1.54) is 0 Å². The molecule has 26 heavy (non-hydrogen) atoms. The minimum atomic E-state index is -0.0346. The molecule has 0 amide bonds. The lowest BCUT2D eigenvalue weighted by Crippen LogP contribution is -2.57. The summed E-state index contributed by atoms with van der Waals surface area (Å²) in [4.78, 5) is 7.21. The van der Waals surface area contributed by atoms with Gasteiger partial charge in [0.25, 0.3) is 0 Å². The van der Waals surface area contributed by atoms with Gasteiger partial charge < -0.3 is 30.7 Å². The molecule has 4 N–H and O–H groups in total. The average molecular weight is 361 g/mol. The van der Waals surface area contributed by atoms with E-state index in [9.17, 15) is 0 Å². The van der Waals surface area contributed by atoms with Crippen LogP contribution in [-0.4, -0.2) is 55.9 Å². The molecule has 0 spiro atoms. The van der Waals surface area contributed by atoms with Crippen molar-refractivity contribution in [3.05, 3.63) is 18.2 Å². The van der Waals surface area contributed by atoms with Gasteiger partial charge in [0.05, 0.1) is 0 Å². The number of nitrogens with zero attached hydrogens (tertiary/aromatic N) is 2. The van der Waals surface area contributed by atoms with Crippen molar-refractivity contribution in [3.63, 3.8) is 0 Å². The first-order valence-corrected chi connectivity index (χ1v) is 9.28. The molecule has 0 bridgehead atoms. The summed E-state index contributed by atoms with van der Waals surface area (Å²) in [5.41, 5.74) is 6.79. The van der Waals surface area contributed by atoms with E-state index in [4.69, 9.17) is 20.2 Å². The van der Waals surface area contributed by atoms with Crippen LogP contribution in [0.25, 0.3) is 0 Å². The molecule has 2 heterocycles. The molecule has 144 valence electrons. The maximum Gasteiger partial charge on any atom is 0.231 e. The molecular formula is C19H31N5O2. The van der Waals surface area contributed by atoms with Gasteiger partial charge in [-0.1, -0.05) is 13.8 Å². The smallest absolute Gasteiger partial charge is 0.231 e. The quantitative estimate of drug-likeness (QED) is 0.561. The molecule has 0 aliphatic carbocycles. The van der Waals surface area contributed by atoms with E-state index in [0.29, 0.717) is 25.2 Å². The fraction of sp³-hybridized carbons (Fsp3) is 0.632. The third kappa shape index (κ3) is 4.59. The van der Waals surface area contributed by atoms with Crippen LogP contribution in [0.5, 0.6) is 11.5 Å². The Balaban J connectivity index is 1.81. The highest BCUT2D eigenvalue weighted by Gasteiger charge is 2.25. The molecule has 7 nitrogen and oxygen atoms in total. The Labute approximate surface area is 155 Å². The van der Waals surface area contributed by atoms with Gasteiger partial charge in [-0.05, 0) is 37.9 Å². The average Bonchev–Trinajstić information content (AvgIpc) is 3.05. The normalized spacial score (nSPS) is 23.3. The van der Waals surface area contributed by atoms with E-state index in [-0.39, 0.29) is 12.2 Å². The number of ether oxygens (including phenoxy) is 2. The maximum atomic E-state index is 5.89. The van der Waals surface area contributed by atoms with Crippen LogP contribution in [0.2, 0.25) is 0 Å². The molecule has 1 aromatic carbocycles. The molecule has 2 atom stereocenters. The van der Waals surface area contributed by atoms with Crippen molar-refractivity contribution in [1.82, 2.24) is 10.2 Å². The van der Waals surface area contributed by atoms with Crippen LogP contribution in [0.15, 0.2) is 23.2 Å². The lowest BCUT2D eigenvalue weighted by atomic mass is 9.94. The zero-order valence-corrected chi connectivity index (χ0v) is 16.2. The predicted octanol–water partition coefficient (Wildman–Crippen LogP) is 1.85. The number of benzene rings is 1. The highest BCUT2D eigenvalue weighted by atomic mass is 16.7. The van der Waals surface area contributed by atoms with Gasteiger partial charge >= 0.3 is 0 Å². The Morgan fingerprint density at radius 3 is 2.65 bits per heavy atom. The molecule has 0 radical (unpaired) electrons. The van der Waals surface area contributed by atoms with Crippen molar-refractivity contribution in [3.8, 4) is 11.5 Å². The van der Waals surface area contributed by atoms with E-state index in [0.717, 1.165) is 36.2 Å². The molecule has 1 aromatic rings. The molecule has 7 heteroatoms. The van der Waals surface area contributed by atoms with Crippen LogP contribution in [0.1, 0.15) is 27.7 Å². The van der Waals surface area contributed by atoms with Gasteiger partial charge in [0.1, 0.15) is 0 Å². The molecule has 0 saturated carbocycles. The number of aliphatic imine (C=N–C) groups is 1. The minimum Gasteiger partial charge on any atom is -0.454 e. The van der Waals surface area contributed by atoms with Crippen molar-refractivity contribution in [2.45, 2.75) is 39.8 Å². The highest BCUT2D eigenvalue weighted by molar-refractivity contribution is 5.94. The second-order valence-electron chi connectivity index (χ2n) is 8.07. The zero-order chi connectivity index (χ0) is 18.7. The fourth-order valence-electron chi connectivity index (χ4n) is 3.18. The summed E-state index contributed by atoms with van der Waals surface area (Å²) in [6.45, 7) is 12.0. The van der Waals surface area contributed by atoms with Gasteiger partial charge in [-0.2, -0.15) is 0 Å². The van der Waals surface area contributed by atoms with Crippen LogP contribution < -0.4 is 25.8 Å². The monoisotopic (exact) mass is 361 g/mol. The Bertz CT molecular complexity index is 651. The fourth-order valence-corrected chi connectivity index (χ4v) is 3.18. The first-order chi connectivity index (χ1) is 12.4. The van der Waals surface area contributed by atoms with Gasteiger partial charge in [-0.15, -0.1) is 0 Å². The van der Waals surface area contributed by atoms with Crippen LogP contribution in [-0.2, 0) is 0 Å². The largest absolute Gasteiger partial charge is 0.454 e. The summed E-state index contributed by atoms with van der Waals surface area (Å²) in [6, 6.07) is 6.69. The Hall–Kier alpha value is -1.99. The summed E-state index contributed by atoms with van der Waals surface area (Å²) in [7, 11) is 0. The topological polar surface area (TPSA) is 84.1 Å². The molecule has 2 aliphatic heterocycles. The first kappa shape index (κ1) is 18.8. The van der Waals surface area contributed by atoms with Gasteiger partial charge in [-0.3, -0.25) is 4.99 Å². The number of hydrogen-bond acceptors (Lipinski definition) is 5. The molecule has 1 saturated heterocycles. The van der Waals surface area contributed by atoms with Crippen molar-refractivity contribution in [2.75, 3.05) is 38.3 Å². The third-order valence-corrected chi connectivity index (χ3v) is 4.70. The van der Waals surface area contributed by atoms with Gasteiger partial charge in [0.2, 0.25) is 6.79 Å². The van der Waals surface area contributed by atoms with Crippen molar-refractivity contribution < 1.29 is 9.47 Å². The summed E-state index contributed by atoms with van der Waals surface area (Å²) in [5.74, 6) is 2.42. The van der Waals surface area contributed by atoms with E-state index in [2.05, 4.69) is 43.2 Å². The molecule has 1 fully saturated rings. The summed E-state index contributed by atoms with van der Waals surface area (Å²) in [5, 5.41) is 7.05. The SMILES string of the molecule is CC1CN(C(=NCC(C)(C)CN)Nc2ccc3c(c2)OCO3)CC(C)N1. The number of nitrogens with two attached hydrogens (primary N) is 1. The lowest BCUT2D eigenvalue weighted by molar-refractivity contribution is 0.174. The molecule has 0 aromatic heterocycles. The van der Waals surface area contributed by atoms with Gasteiger partial charge in [-0.25, -0.2) is 0 Å². The molecule has 3 rings (SSSR count). The maximum absolute atomic E-state index is 5.89. The zero-order valence-electron chi connectivity index (χ0n) is 16.2. The second kappa shape index (κ2) is 7.72. The standard InChI is InChI=1S/C19H31N5O2/c1-13-8-24(9-14(2)22-13)18(21-11-19(3,4)10-20)23-15-5-6-16-17(7-15)26-12-25-16/h5-7,13-14,22H,8-12,20H2,1-4H3,(H,21,23). The van der Waals surface area contributed by atoms with Gasteiger partial charge in [0, 0.05) is 43.5 Å². The van der Waals surface area contributed by atoms with E-state index in [1.807, 2.05) is 18.2 Å². The van der Waals surface area contributed by atoms with Crippen LogP contribution in [0.3, 0.4) is 0 Å². The number of guanidine groups is 1. The highest BCUT2D eigenvalue weighted by Crippen LogP contribution is 2.34. The second-order valence-corrected chi connectivity index (χ2v) is 8.07. The van der Waals surface area contributed by atoms with Gasteiger partial charge in [0.15, 0.2) is 17.5 Å². The van der Waals surface area contributed by atoms with E-state index < -0.39 is 0 Å². The van der Waals surface area contributed by atoms with Crippen molar-refractivity contribution >= 4 is 11.6 Å². The number of fused-ring (bicyclic) bond motifs is 1. The first-order valence-electron chi connectivity index (χ1n) is 9.28. The van der Waals surface area contributed by atoms with Crippen LogP contribution in [0, 0.1) is 5.41 Å². The minimum absolute atomic E-state index is 0.0346. The van der Waals surface area contributed by atoms with Crippen molar-refractivity contribution in [2.24, 2.45) is 16.1 Å². The molecular weight excluding hydrogens is 330 g/mol. The number of hydrogen-bond donors (Lipinski definition) is 3.